The van der Waals surface area contributed by atoms with Crippen molar-refractivity contribution < 1.29 is 4.42 Å². The Balaban J connectivity index is 1.45. The average Bonchev–Trinajstić information content (AvgIpc) is 3.09. The van der Waals surface area contributed by atoms with Crippen molar-refractivity contribution in [3.05, 3.63) is 71.4 Å². The summed E-state index contributed by atoms with van der Waals surface area (Å²) in [5, 5.41) is 0. The summed E-state index contributed by atoms with van der Waals surface area (Å²) in [5.41, 5.74) is 4.54. The van der Waals surface area contributed by atoms with E-state index in [9.17, 15) is 0 Å². The molecule has 0 radical (unpaired) electrons. The van der Waals surface area contributed by atoms with E-state index in [0.29, 0.717) is 6.04 Å². The van der Waals surface area contributed by atoms with Gasteiger partial charge in [0.1, 0.15) is 5.76 Å². The van der Waals surface area contributed by atoms with Crippen molar-refractivity contribution in [2.24, 2.45) is 0 Å². The van der Waals surface area contributed by atoms with Crippen LogP contribution in [-0.4, -0.2) is 27.5 Å². The van der Waals surface area contributed by atoms with Gasteiger partial charge in [0.2, 0.25) is 5.89 Å². The van der Waals surface area contributed by atoms with E-state index >= 15 is 0 Å². The molecule has 2 aromatic heterocycles. The molecule has 1 aromatic carbocycles. The molecule has 1 aliphatic rings. The van der Waals surface area contributed by atoms with Gasteiger partial charge >= 0.3 is 0 Å². The fraction of sp³-hybridized carbons (Fsp3) is 0.417. The van der Waals surface area contributed by atoms with Gasteiger partial charge in [-0.05, 0) is 70.3 Å². The second-order valence-corrected chi connectivity index (χ2v) is 7.87. The maximum absolute atomic E-state index is 6.01. The molecule has 1 fully saturated rings. The van der Waals surface area contributed by atoms with Crippen LogP contribution in [0.1, 0.15) is 48.4 Å². The number of aromatic nitrogens is 2. The van der Waals surface area contributed by atoms with Gasteiger partial charge in [0, 0.05) is 30.0 Å². The van der Waals surface area contributed by atoms with E-state index in [0.717, 1.165) is 48.8 Å². The summed E-state index contributed by atoms with van der Waals surface area (Å²) < 4.78 is 6.01. The Labute approximate surface area is 167 Å². The Morgan fingerprint density at radius 3 is 2.86 bits per heavy atom. The molecule has 1 unspecified atom stereocenters. The molecule has 0 aliphatic carbocycles. The smallest absolute Gasteiger partial charge is 0.226 e. The minimum absolute atomic E-state index is 0.592. The second kappa shape index (κ2) is 8.70. The molecule has 0 amide bonds. The minimum atomic E-state index is 0.592. The monoisotopic (exact) mass is 375 g/mol. The van der Waals surface area contributed by atoms with Gasteiger partial charge in [-0.3, -0.25) is 9.88 Å². The molecule has 4 nitrogen and oxygen atoms in total. The summed E-state index contributed by atoms with van der Waals surface area (Å²) in [7, 11) is 0. The Morgan fingerprint density at radius 2 is 2.04 bits per heavy atom. The highest BCUT2D eigenvalue weighted by Crippen LogP contribution is 2.27. The predicted octanol–water partition coefficient (Wildman–Crippen LogP) is 5.34. The van der Waals surface area contributed by atoms with Crippen LogP contribution in [0.15, 0.2) is 53.1 Å². The van der Waals surface area contributed by atoms with Gasteiger partial charge in [-0.15, -0.1) is 0 Å². The summed E-state index contributed by atoms with van der Waals surface area (Å²) in [5.74, 6) is 1.67. The summed E-state index contributed by atoms with van der Waals surface area (Å²) in [6, 6.07) is 15.1. The highest BCUT2D eigenvalue weighted by molar-refractivity contribution is 5.54. The molecular weight excluding hydrogens is 346 g/mol. The van der Waals surface area contributed by atoms with Crippen LogP contribution in [0.3, 0.4) is 0 Å². The van der Waals surface area contributed by atoms with Crippen molar-refractivity contribution in [2.45, 2.75) is 58.5 Å². The number of oxazole rings is 1. The lowest BCUT2D eigenvalue weighted by atomic mass is 9.96. The van der Waals surface area contributed by atoms with Crippen molar-refractivity contribution >= 4 is 0 Å². The number of hydrogen-bond acceptors (Lipinski definition) is 4. The molecule has 28 heavy (non-hydrogen) atoms. The predicted molar refractivity (Wildman–Crippen MR) is 112 cm³/mol. The quantitative estimate of drug-likeness (QED) is 0.583. The molecule has 146 valence electrons. The van der Waals surface area contributed by atoms with Crippen molar-refractivity contribution in [2.75, 3.05) is 6.54 Å². The van der Waals surface area contributed by atoms with Gasteiger partial charge in [0.25, 0.3) is 0 Å². The molecule has 4 rings (SSSR count). The highest BCUT2D eigenvalue weighted by Gasteiger charge is 2.24. The van der Waals surface area contributed by atoms with Crippen molar-refractivity contribution in [1.82, 2.24) is 14.9 Å². The van der Waals surface area contributed by atoms with E-state index in [1.165, 1.54) is 30.5 Å². The van der Waals surface area contributed by atoms with Crippen LogP contribution < -0.4 is 0 Å². The van der Waals surface area contributed by atoms with Gasteiger partial charge in [0.15, 0.2) is 0 Å². The minimum Gasteiger partial charge on any atom is -0.441 e. The summed E-state index contributed by atoms with van der Waals surface area (Å²) in [4.78, 5) is 11.9. The molecule has 0 saturated carbocycles. The van der Waals surface area contributed by atoms with Crippen molar-refractivity contribution in [3.8, 4) is 11.5 Å². The van der Waals surface area contributed by atoms with E-state index < -0.39 is 0 Å². The van der Waals surface area contributed by atoms with E-state index in [2.05, 4.69) is 53.2 Å². The lowest BCUT2D eigenvalue weighted by Crippen LogP contribution is -2.39. The number of nitrogens with zero attached hydrogens (tertiary/aromatic N) is 3. The Kier molecular flexibility index (Phi) is 5.87. The largest absolute Gasteiger partial charge is 0.441 e. The van der Waals surface area contributed by atoms with Gasteiger partial charge in [-0.2, -0.15) is 0 Å². The van der Waals surface area contributed by atoms with Crippen LogP contribution in [-0.2, 0) is 13.0 Å². The highest BCUT2D eigenvalue weighted by atomic mass is 16.4. The Hall–Kier alpha value is -2.46. The zero-order chi connectivity index (χ0) is 19.3. The summed E-state index contributed by atoms with van der Waals surface area (Å²) in [6.45, 7) is 6.14. The first-order valence-electron chi connectivity index (χ1n) is 10.4. The fourth-order valence-corrected chi connectivity index (χ4v) is 4.12. The molecule has 1 atom stereocenters. The normalized spacial score (nSPS) is 17.7. The van der Waals surface area contributed by atoms with Gasteiger partial charge in [-0.25, -0.2) is 4.98 Å². The number of aryl methyl sites for hydroxylation is 3. The van der Waals surface area contributed by atoms with Crippen LogP contribution >= 0.6 is 0 Å². The third-order valence-electron chi connectivity index (χ3n) is 5.72. The lowest BCUT2D eigenvalue weighted by molar-refractivity contribution is 0.130. The third-order valence-corrected chi connectivity index (χ3v) is 5.72. The van der Waals surface area contributed by atoms with Crippen LogP contribution in [0.5, 0.6) is 0 Å². The number of piperidine rings is 1. The van der Waals surface area contributed by atoms with Crippen LogP contribution in [0.4, 0.5) is 0 Å². The van der Waals surface area contributed by atoms with Gasteiger partial charge in [-0.1, -0.05) is 30.2 Å². The number of benzene rings is 1. The molecule has 3 heterocycles. The standard InChI is InChI=1S/C24H29N3O/c1-18-8-7-9-20(16-18)24-26-23(19(2)28-24)17-27-15-6-4-11-22(27)13-12-21-10-3-5-14-25-21/h3,5,7-10,14,16,22H,4,6,11-13,15,17H2,1-2H3. The maximum atomic E-state index is 6.01. The summed E-state index contributed by atoms with van der Waals surface area (Å²) in [6.07, 6.45) is 7.92. The van der Waals surface area contributed by atoms with Gasteiger partial charge < -0.3 is 4.42 Å². The SMILES string of the molecule is Cc1cccc(-c2nc(CN3CCCCC3CCc3ccccn3)c(C)o2)c1. The number of hydrogen-bond donors (Lipinski definition) is 0. The summed E-state index contributed by atoms with van der Waals surface area (Å²) >= 11 is 0. The number of pyridine rings is 1. The Morgan fingerprint density at radius 1 is 1.11 bits per heavy atom. The van der Waals surface area contributed by atoms with Crippen molar-refractivity contribution in [1.29, 1.82) is 0 Å². The van der Waals surface area contributed by atoms with Crippen LogP contribution in [0.25, 0.3) is 11.5 Å². The molecule has 4 heteroatoms. The van der Waals surface area contributed by atoms with Crippen LogP contribution in [0.2, 0.25) is 0 Å². The lowest BCUT2D eigenvalue weighted by Gasteiger charge is -2.35. The van der Waals surface area contributed by atoms with Crippen LogP contribution in [0, 0.1) is 13.8 Å². The molecular formula is C24H29N3O. The topological polar surface area (TPSA) is 42.2 Å². The molecule has 1 saturated heterocycles. The molecule has 0 N–H and O–H groups in total. The van der Waals surface area contributed by atoms with Gasteiger partial charge in [0.05, 0.1) is 5.69 Å². The average molecular weight is 376 g/mol. The second-order valence-electron chi connectivity index (χ2n) is 7.87. The first-order chi connectivity index (χ1) is 13.7. The van der Waals surface area contributed by atoms with Crippen molar-refractivity contribution in [3.63, 3.8) is 0 Å². The number of likely N-dealkylation sites (tertiary alicyclic amines) is 1. The zero-order valence-electron chi connectivity index (χ0n) is 16.9. The fourth-order valence-electron chi connectivity index (χ4n) is 4.12. The molecule has 0 spiro atoms. The Bertz CT molecular complexity index is 903. The maximum Gasteiger partial charge on any atom is 0.226 e. The first kappa shape index (κ1) is 18.9. The molecule has 1 aliphatic heterocycles. The van der Waals surface area contributed by atoms with E-state index in [1.54, 1.807) is 0 Å². The molecule has 0 bridgehead atoms. The third kappa shape index (κ3) is 4.50. The first-order valence-corrected chi connectivity index (χ1v) is 10.4. The number of rotatable bonds is 6. The van der Waals surface area contributed by atoms with E-state index in [1.807, 2.05) is 19.2 Å². The zero-order valence-corrected chi connectivity index (χ0v) is 16.9. The van der Waals surface area contributed by atoms with E-state index in [4.69, 9.17) is 9.40 Å². The molecule has 3 aromatic rings. The van der Waals surface area contributed by atoms with E-state index in [-0.39, 0.29) is 0 Å².